The lowest BCUT2D eigenvalue weighted by Gasteiger charge is -2.44. The molecule has 3 aliphatic rings. The molecule has 0 aliphatic carbocycles. The van der Waals surface area contributed by atoms with Gasteiger partial charge in [-0.15, -0.1) is 0 Å². The number of benzene rings is 3. The van der Waals surface area contributed by atoms with Crippen LogP contribution >= 0.6 is 9.90 Å². The number of ether oxygens (including phenoxy) is 22. The third-order valence-corrected chi connectivity index (χ3v) is 17.2. The van der Waals surface area contributed by atoms with E-state index in [9.17, 15) is 87.8 Å². The van der Waals surface area contributed by atoms with Crippen LogP contribution in [0.3, 0.4) is 0 Å². The summed E-state index contributed by atoms with van der Waals surface area (Å²) in [4.78, 5) is 162. The molecule has 7 unspecified atom stereocenters. The van der Waals surface area contributed by atoms with E-state index in [0.29, 0.717) is 41.7 Å². The number of hydrogen-bond acceptors (Lipinski definition) is 40. The molecule has 0 bridgehead atoms. The van der Waals surface area contributed by atoms with Gasteiger partial charge in [0, 0.05) is 74.4 Å². The fourth-order valence-corrected chi connectivity index (χ4v) is 11.9. The molecular weight excluding hydrogens is 1760 g/mol. The molecule has 1 aromatic heterocycles. The van der Waals surface area contributed by atoms with Crippen molar-refractivity contribution in [2.45, 2.75) is 168 Å². The molecule has 0 saturated carbocycles. The molecule has 12 N–H and O–H groups in total. The second kappa shape index (κ2) is 62.3. The number of rotatable bonds is 50. The molecule has 7 rings (SSSR count). The van der Waals surface area contributed by atoms with Crippen LogP contribution in [0.5, 0.6) is 17.2 Å². The van der Waals surface area contributed by atoms with Crippen LogP contribution in [0.15, 0.2) is 82.4 Å². The van der Waals surface area contributed by atoms with Gasteiger partial charge in [-0.3, -0.25) is 63.5 Å². The summed E-state index contributed by atoms with van der Waals surface area (Å²) >= 11 is 0. The number of hydrazine groups is 1. The summed E-state index contributed by atoms with van der Waals surface area (Å²) in [5.74, 6) is -4.26. The number of aliphatic hydroxyl groups is 3. The molecule has 51 heteroatoms. The van der Waals surface area contributed by atoms with Crippen LogP contribution in [-0.2, 0) is 144 Å². The van der Waals surface area contributed by atoms with Crippen molar-refractivity contribution in [2.75, 3.05) is 145 Å². The Morgan fingerprint density at radius 2 is 0.762 bits per heavy atom. The summed E-state index contributed by atoms with van der Waals surface area (Å²) < 4.78 is 121. The summed E-state index contributed by atoms with van der Waals surface area (Å²) in [5, 5.41) is 52.3. The average Bonchev–Trinajstić information content (AvgIpc) is 1.04. The summed E-state index contributed by atoms with van der Waals surface area (Å²) in [5.41, 5.74) is 4.36. The molecular formula is C79H118N9O41P. The summed E-state index contributed by atoms with van der Waals surface area (Å²) in [6.45, 7) is 15.0. The number of nitrogens with zero attached hydrogens (tertiary/aromatic N) is 2. The molecule has 3 saturated heterocycles. The standard InChI is InChI=1S/C31H45N3O15.C26H36N2O14.C22H32N4O11.H2O.H3P/c1-6-43-31(40)34-33-26(39)17-23-7-9-24(10-8-23)44-15-13-41-11-12-42-14-16-45-30-27(32-19(2)35)29(48-22(5)38)28(47-21(4)37)25(49-30)18-46-20(3)36;1-16(29)27-23-25(41-19(4)32)24(40-18(3)31)22(15-39-17(2)30)42-26(23)38-14-12-36-10-9-35-11-13-37-21-7-5-20(6-8-21)28(33)34;1-13(28)23-17-19(30)18(29)16(12-27)37-20(17)36-11-9-34-7-6-33-8-10-35-15-4-2-14(3-5-15)26-21(31)24-25-22(26)32;;/h7-10,25,27-30H,6,11-18H2,1-5H3,(H,32,35)(H,33,39)(H,34,40);5-8,22-26H,9-15H2,1-4H3,(H,27,29);2-5,16-20,27,29-30H,6-12H2,1H3,(H,23,28)(H,24,31)(H,25,32);1H2;1H3/t25?,27?,28-,29+,30+;22?,23?,24-,25+,26+;16?,17?,18-,19+,20+;;/m000../s1. The molecule has 0 spiro atoms. The maximum atomic E-state index is 12.0. The lowest BCUT2D eigenvalue weighted by molar-refractivity contribution is -0.384. The molecule has 4 heterocycles. The predicted molar refractivity (Wildman–Crippen MR) is 446 cm³/mol. The number of non-ortho nitro benzene ring substituents is 1. The first-order valence-corrected chi connectivity index (χ1v) is 40.1. The first kappa shape index (κ1) is 113. The second-order valence-electron chi connectivity index (χ2n) is 27.4. The van der Waals surface area contributed by atoms with E-state index in [-0.39, 0.29) is 153 Å². The molecule has 3 aromatic carbocycles. The van der Waals surface area contributed by atoms with Gasteiger partial charge in [0.1, 0.15) is 98.9 Å². The van der Waals surface area contributed by atoms with Crippen LogP contribution in [0.25, 0.3) is 5.69 Å². The van der Waals surface area contributed by atoms with Gasteiger partial charge >= 0.3 is 53.3 Å². The van der Waals surface area contributed by atoms with Gasteiger partial charge in [-0.1, -0.05) is 12.1 Å². The quantitative estimate of drug-likeness (QED) is 0.00534. The fraction of sp³-hybridized carbons (Fsp3) is 0.608. The number of nitro groups is 1. The topological polar surface area (TPSA) is 657 Å². The third kappa shape index (κ3) is 43.1. The number of amides is 5. The van der Waals surface area contributed by atoms with E-state index < -0.39 is 180 Å². The Kier molecular flexibility index (Phi) is 54.2. The second-order valence-corrected chi connectivity index (χ2v) is 27.4. The van der Waals surface area contributed by atoms with Crippen LogP contribution in [0.1, 0.15) is 74.8 Å². The van der Waals surface area contributed by atoms with Gasteiger partial charge in [-0.05, 0) is 61.0 Å². The van der Waals surface area contributed by atoms with Crippen molar-refractivity contribution in [1.29, 1.82) is 0 Å². The van der Waals surface area contributed by atoms with E-state index in [1.165, 1.54) is 58.9 Å². The number of aliphatic hydroxyl groups excluding tert-OH is 3. The lowest BCUT2D eigenvalue weighted by Crippen LogP contribution is -2.66. The number of esters is 6. The van der Waals surface area contributed by atoms with E-state index >= 15 is 0 Å². The van der Waals surface area contributed by atoms with Crippen LogP contribution in [0.2, 0.25) is 0 Å². The Morgan fingerprint density at radius 1 is 0.431 bits per heavy atom. The van der Waals surface area contributed by atoms with Crippen LogP contribution in [0, 0.1) is 10.1 Å². The zero-order valence-corrected chi connectivity index (χ0v) is 74.8. The number of carbonyl (C=O) groups excluding carboxylic acids is 11. The van der Waals surface area contributed by atoms with E-state index in [1.54, 1.807) is 55.5 Å². The molecule has 4 aromatic rings. The van der Waals surface area contributed by atoms with Crippen molar-refractivity contribution < 1.29 is 183 Å². The Bertz CT molecular complexity index is 4180. The number of hydrogen-bond donors (Lipinski definition) is 10. The molecule has 3 fully saturated rings. The molecule has 130 heavy (non-hydrogen) atoms. The molecule has 50 nitrogen and oxygen atoms in total. The van der Waals surface area contributed by atoms with E-state index in [0.717, 1.165) is 32.3 Å². The average molecular weight is 1880 g/mol. The van der Waals surface area contributed by atoms with Crippen molar-refractivity contribution in [3.8, 4) is 22.9 Å². The molecule has 730 valence electrons. The minimum absolute atomic E-state index is 0. The van der Waals surface area contributed by atoms with Gasteiger partial charge in [0.2, 0.25) is 23.6 Å². The normalized spacial score (nSPS) is 21.2. The summed E-state index contributed by atoms with van der Waals surface area (Å²) in [6.07, 6.45) is -14.9. The lowest BCUT2D eigenvalue weighted by atomic mass is 9.96. The Morgan fingerprint density at radius 3 is 1.11 bits per heavy atom. The summed E-state index contributed by atoms with van der Waals surface area (Å²) in [6, 6.07) is 15.8. The Hall–Kier alpha value is -11.0. The first-order chi connectivity index (χ1) is 61.2. The van der Waals surface area contributed by atoms with Crippen molar-refractivity contribution in [2.24, 2.45) is 0 Å². The number of nitro benzene ring substituents is 1. The summed E-state index contributed by atoms with van der Waals surface area (Å²) in [7, 11) is 0. The highest BCUT2D eigenvalue weighted by Gasteiger charge is 2.53. The van der Waals surface area contributed by atoms with Crippen LogP contribution < -0.4 is 52.4 Å². The monoisotopic (exact) mass is 1880 g/mol. The third-order valence-electron chi connectivity index (χ3n) is 17.2. The van der Waals surface area contributed by atoms with Crippen molar-refractivity contribution in [3.63, 3.8) is 0 Å². The van der Waals surface area contributed by atoms with E-state index in [4.69, 9.17) is 99.5 Å². The van der Waals surface area contributed by atoms with Gasteiger partial charge in [-0.25, -0.2) is 34.6 Å². The SMILES string of the molecule is CC(=O)NC1[C@H](OCCOCCOCCOc2ccc(-n3c(=O)[nH][nH]c3=O)cc2)OC(CO)[C@H](O)[C@@H]1O.CC(=O)NC1[C@H](OCCOCCOCCOc2ccc([N+](=O)[O-])cc2)OC(COC(C)=O)[C@H](OC(C)=O)[C@@H]1OC(C)=O.CCOC(=O)NNC(=O)Cc1ccc(OCCOCCOCCO[C@@H]2OC(COC(C)=O)[C@H](OC(C)=O)[C@H](OC(C)=O)C2NC(C)=O)cc1.O.P. The largest absolute Gasteiger partial charge is 0.491 e. The first-order valence-electron chi connectivity index (χ1n) is 40.1. The Labute approximate surface area is 748 Å². The predicted octanol–water partition coefficient (Wildman–Crippen LogP) is -2.77. The van der Waals surface area contributed by atoms with E-state index in [1.807, 2.05) is 0 Å². The number of H-pyrrole nitrogens is 2. The van der Waals surface area contributed by atoms with Gasteiger partial charge in [0.25, 0.3) is 5.69 Å². The van der Waals surface area contributed by atoms with Crippen LogP contribution in [0.4, 0.5) is 10.5 Å². The highest BCUT2D eigenvalue weighted by atomic mass is 31.0. The van der Waals surface area contributed by atoms with Gasteiger partial charge < -0.3 is 141 Å². The molecule has 0 radical (unpaired) electrons. The maximum Gasteiger partial charge on any atom is 0.426 e. The minimum Gasteiger partial charge on any atom is -0.491 e. The molecule has 5 amide bonds. The van der Waals surface area contributed by atoms with Gasteiger partial charge in [0.05, 0.1) is 129 Å². The Balaban J connectivity index is 0.000000503. The zero-order valence-electron chi connectivity index (χ0n) is 73.4. The maximum absolute atomic E-state index is 12.0. The van der Waals surface area contributed by atoms with E-state index in [2.05, 4.69) is 41.7 Å². The zero-order chi connectivity index (χ0) is 94.0. The minimum atomic E-state index is -1.38. The van der Waals surface area contributed by atoms with Crippen molar-refractivity contribution in [1.82, 2.24) is 41.6 Å². The van der Waals surface area contributed by atoms with Gasteiger partial charge in [-0.2, -0.15) is 9.90 Å². The molecule has 3 aliphatic heterocycles. The number of carbonyl (C=O) groups is 11. The highest BCUT2D eigenvalue weighted by Crippen LogP contribution is 2.31. The number of aromatic amines is 2. The fourth-order valence-electron chi connectivity index (χ4n) is 11.9. The van der Waals surface area contributed by atoms with Gasteiger partial charge in [0.15, 0.2) is 43.3 Å². The van der Waals surface area contributed by atoms with Crippen molar-refractivity contribution in [3.05, 3.63) is 109 Å². The highest BCUT2D eigenvalue weighted by molar-refractivity contribution is 6.92. The van der Waals surface area contributed by atoms with Crippen LogP contribution in [-0.4, -0.2) is 343 Å². The van der Waals surface area contributed by atoms with Crippen molar-refractivity contribution >= 4 is 81.1 Å². The number of aromatic nitrogens is 3. The molecule has 16 atom stereocenters. The smallest absolute Gasteiger partial charge is 0.426 e. The number of nitrogens with one attached hydrogen (secondary N) is 7.